The molecule has 1 N–H and O–H groups in total. The third-order valence-corrected chi connectivity index (χ3v) is 3.48. The van der Waals surface area contributed by atoms with E-state index in [1.807, 2.05) is 53.1 Å². The summed E-state index contributed by atoms with van der Waals surface area (Å²) < 4.78 is 7.43. The maximum absolute atomic E-state index is 10.1. The van der Waals surface area contributed by atoms with Crippen LogP contribution < -0.4 is 4.74 Å². The number of ether oxygens (including phenoxy) is 1. The number of para-hydroxylation sites is 2. The zero-order valence-corrected chi connectivity index (χ0v) is 11.9. The number of fused-ring (bicyclic) bond motifs is 1. The first kappa shape index (κ1) is 13.6. The minimum absolute atomic E-state index is 0.343. The number of aliphatic hydroxyl groups excluding tert-OH is 1. The standard InChI is InChI=1S/C17H18N2O2/c1-2-13-7-9-14(10-8-13)21-17(20)11-19-12-18-15-5-3-4-6-16(15)19/h3-10,12,17,20H,2,11H2,1H3/t17-/m1/s1. The molecular formula is C17H18N2O2. The fourth-order valence-electron chi connectivity index (χ4n) is 2.32. The van der Waals surface area contributed by atoms with Gasteiger partial charge < -0.3 is 14.4 Å². The molecule has 1 aromatic heterocycles. The molecule has 2 aromatic carbocycles. The summed E-state index contributed by atoms with van der Waals surface area (Å²) in [5.74, 6) is 0.670. The van der Waals surface area contributed by atoms with Gasteiger partial charge in [0.2, 0.25) is 6.29 Å². The summed E-state index contributed by atoms with van der Waals surface area (Å²) in [4.78, 5) is 4.30. The molecule has 0 unspecified atom stereocenters. The second kappa shape index (κ2) is 5.97. The second-order valence-electron chi connectivity index (χ2n) is 4.96. The SMILES string of the molecule is CCc1ccc(O[C@@H](O)Cn2cnc3ccccc32)cc1. The van der Waals surface area contributed by atoms with E-state index >= 15 is 0 Å². The van der Waals surface area contributed by atoms with Crippen molar-refractivity contribution >= 4 is 11.0 Å². The van der Waals surface area contributed by atoms with Gasteiger partial charge in [-0.2, -0.15) is 0 Å². The van der Waals surface area contributed by atoms with Gasteiger partial charge in [0.1, 0.15) is 5.75 Å². The molecule has 0 amide bonds. The van der Waals surface area contributed by atoms with Crippen molar-refractivity contribution in [2.75, 3.05) is 0 Å². The largest absolute Gasteiger partial charge is 0.463 e. The molecule has 0 fully saturated rings. The summed E-state index contributed by atoms with van der Waals surface area (Å²) in [7, 11) is 0. The molecule has 4 nitrogen and oxygen atoms in total. The minimum atomic E-state index is -0.907. The van der Waals surface area contributed by atoms with Gasteiger partial charge in [-0.15, -0.1) is 0 Å². The van der Waals surface area contributed by atoms with E-state index in [1.165, 1.54) is 5.56 Å². The van der Waals surface area contributed by atoms with Crippen LogP contribution >= 0.6 is 0 Å². The van der Waals surface area contributed by atoms with Crippen LogP contribution in [-0.4, -0.2) is 20.9 Å². The van der Waals surface area contributed by atoms with Crippen molar-refractivity contribution in [1.29, 1.82) is 0 Å². The molecule has 0 aliphatic carbocycles. The van der Waals surface area contributed by atoms with Crippen LogP contribution in [0.4, 0.5) is 0 Å². The molecule has 1 heterocycles. The van der Waals surface area contributed by atoms with Gasteiger partial charge in [-0.05, 0) is 36.2 Å². The van der Waals surface area contributed by atoms with E-state index in [2.05, 4.69) is 11.9 Å². The van der Waals surface area contributed by atoms with Gasteiger partial charge >= 0.3 is 0 Å². The zero-order chi connectivity index (χ0) is 14.7. The number of rotatable bonds is 5. The van der Waals surface area contributed by atoms with Crippen molar-refractivity contribution < 1.29 is 9.84 Å². The molecule has 1 atom stereocenters. The van der Waals surface area contributed by atoms with Gasteiger partial charge in [0, 0.05) is 0 Å². The predicted molar refractivity (Wildman–Crippen MR) is 82.2 cm³/mol. The Morgan fingerprint density at radius 1 is 1.14 bits per heavy atom. The lowest BCUT2D eigenvalue weighted by atomic mass is 10.2. The van der Waals surface area contributed by atoms with Gasteiger partial charge in [0.25, 0.3) is 0 Å². The van der Waals surface area contributed by atoms with Crippen molar-refractivity contribution in [3.8, 4) is 5.75 Å². The number of aromatic nitrogens is 2. The maximum Gasteiger partial charge on any atom is 0.215 e. The van der Waals surface area contributed by atoms with E-state index in [0.717, 1.165) is 17.5 Å². The van der Waals surface area contributed by atoms with Gasteiger partial charge in [-0.1, -0.05) is 31.2 Å². The van der Waals surface area contributed by atoms with Crippen molar-refractivity contribution in [3.63, 3.8) is 0 Å². The number of nitrogens with zero attached hydrogens (tertiary/aromatic N) is 2. The maximum atomic E-state index is 10.1. The monoisotopic (exact) mass is 282 g/mol. The average Bonchev–Trinajstić information content (AvgIpc) is 2.91. The van der Waals surface area contributed by atoms with E-state index in [1.54, 1.807) is 6.33 Å². The van der Waals surface area contributed by atoms with Crippen molar-refractivity contribution in [3.05, 3.63) is 60.4 Å². The highest BCUT2D eigenvalue weighted by molar-refractivity contribution is 5.74. The molecule has 0 spiro atoms. The lowest BCUT2D eigenvalue weighted by Crippen LogP contribution is -2.22. The van der Waals surface area contributed by atoms with Gasteiger partial charge in [-0.25, -0.2) is 4.98 Å². The number of aliphatic hydroxyl groups is 1. The quantitative estimate of drug-likeness (QED) is 0.732. The predicted octanol–water partition coefficient (Wildman–Crippen LogP) is 3.00. The van der Waals surface area contributed by atoms with Crippen LogP contribution in [0.25, 0.3) is 11.0 Å². The van der Waals surface area contributed by atoms with E-state index in [9.17, 15) is 5.11 Å². The van der Waals surface area contributed by atoms with Gasteiger partial charge in [0.05, 0.1) is 23.9 Å². The Bertz CT molecular complexity index is 719. The van der Waals surface area contributed by atoms with Crippen LogP contribution in [0.3, 0.4) is 0 Å². The molecule has 0 radical (unpaired) electrons. The normalized spacial score (nSPS) is 12.5. The van der Waals surface area contributed by atoms with Crippen molar-refractivity contribution in [2.24, 2.45) is 0 Å². The Hall–Kier alpha value is -2.33. The van der Waals surface area contributed by atoms with Crippen LogP contribution in [0, 0.1) is 0 Å². The first-order chi connectivity index (χ1) is 10.3. The molecule has 3 aromatic rings. The second-order valence-corrected chi connectivity index (χ2v) is 4.96. The molecular weight excluding hydrogens is 264 g/mol. The summed E-state index contributed by atoms with van der Waals surface area (Å²) >= 11 is 0. The van der Waals surface area contributed by atoms with Crippen molar-refractivity contribution in [2.45, 2.75) is 26.2 Å². The number of hydrogen-bond donors (Lipinski definition) is 1. The smallest absolute Gasteiger partial charge is 0.215 e. The fraction of sp³-hybridized carbons (Fsp3) is 0.235. The highest BCUT2D eigenvalue weighted by Gasteiger charge is 2.09. The van der Waals surface area contributed by atoms with E-state index < -0.39 is 6.29 Å². The average molecular weight is 282 g/mol. The summed E-state index contributed by atoms with van der Waals surface area (Å²) in [5.41, 5.74) is 3.15. The Balaban J connectivity index is 1.69. The highest BCUT2D eigenvalue weighted by atomic mass is 16.6. The van der Waals surface area contributed by atoms with Crippen LogP contribution in [0.2, 0.25) is 0 Å². The molecule has 0 aliphatic rings. The summed E-state index contributed by atoms with van der Waals surface area (Å²) in [6, 6.07) is 15.6. The van der Waals surface area contributed by atoms with Crippen molar-refractivity contribution in [1.82, 2.24) is 9.55 Å². The van der Waals surface area contributed by atoms with E-state index in [4.69, 9.17) is 4.74 Å². The third-order valence-electron chi connectivity index (χ3n) is 3.48. The molecule has 108 valence electrons. The molecule has 0 saturated carbocycles. The van der Waals surface area contributed by atoms with Gasteiger partial charge in [-0.3, -0.25) is 0 Å². The first-order valence-electron chi connectivity index (χ1n) is 7.10. The molecule has 4 heteroatoms. The third kappa shape index (κ3) is 3.06. The Morgan fingerprint density at radius 2 is 1.90 bits per heavy atom. The summed E-state index contributed by atoms with van der Waals surface area (Å²) in [6.07, 6.45) is 1.80. The van der Waals surface area contributed by atoms with Crippen LogP contribution in [-0.2, 0) is 13.0 Å². The number of aryl methyl sites for hydroxylation is 1. The molecule has 0 bridgehead atoms. The Morgan fingerprint density at radius 3 is 2.67 bits per heavy atom. The summed E-state index contributed by atoms with van der Waals surface area (Å²) in [5, 5.41) is 10.1. The summed E-state index contributed by atoms with van der Waals surface area (Å²) in [6.45, 7) is 2.45. The topological polar surface area (TPSA) is 47.3 Å². The number of imidazole rings is 1. The minimum Gasteiger partial charge on any atom is -0.463 e. The zero-order valence-electron chi connectivity index (χ0n) is 11.9. The molecule has 3 rings (SSSR count). The van der Waals surface area contributed by atoms with Crippen LogP contribution in [0.15, 0.2) is 54.9 Å². The Kier molecular flexibility index (Phi) is 3.88. The fourth-order valence-corrected chi connectivity index (χ4v) is 2.32. The van der Waals surface area contributed by atoms with E-state index in [-0.39, 0.29) is 0 Å². The molecule has 21 heavy (non-hydrogen) atoms. The van der Waals surface area contributed by atoms with Gasteiger partial charge in [0.15, 0.2) is 0 Å². The highest BCUT2D eigenvalue weighted by Crippen LogP contribution is 2.16. The van der Waals surface area contributed by atoms with Crippen LogP contribution in [0.5, 0.6) is 5.75 Å². The molecule has 0 aliphatic heterocycles. The lowest BCUT2D eigenvalue weighted by molar-refractivity contribution is -0.0286. The first-order valence-corrected chi connectivity index (χ1v) is 7.10. The lowest BCUT2D eigenvalue weighted by Gasteiger charge is -2.14. The molecule has 0 saturated heterocycles. The Labute approximate surface area is 123 Å². The number of benzene rings is 2. The number of hydrogen-bond acceptors (Lipinski definition) is 3. The van der Waals surface area contributed by atoms with Crippen LogP contribution in [0.1, 0.15) is 12.5 Å². The van der Waals surface area contributed by atoms with E-state index in [0.29, 0.717) is 12.3 Å².